The highest BCUT2D eigenvalue weighted by atomic mass is 35.5. The first-order valence-corrected chi connectivity index (χ1v) is 8.69. The average Bonchev–Trinajstić information content (AvgIpc) is 2.49. The van der Waals surface area contributed by atoms with Crippen molar-refractivity contribution in [3.8, 4) is 5.75 Å². The van der Waals surface area contributed by atoms with Crippen LogP contribution in [0, 0.1) is 13.8 Å². The summed E-state index contributed by atoms with van der Waals surface area (Å²) in [7, 11) is 0. The van der Waals surface area contributed by atoms with Crippen LogP contribution in [-0.2, 0) is 9.47 Å². The van der Waals surface area contributed by atoms with Gasteiger partial charge in [0.1, 0.15) is 12.4 Å². The third kappa shape index (κ3) is 5.64. The minimum atomic E-state index is 0.304. The molecule has 2 atom stereocenters. The summed E-state index contributed by atoms with van der Waals surface area (Å²) in [5, 5.41) is 0.778. The predicted octanol–water partition coefficient (Wildman–Crippen LogP) is 3.46. The van der Waals surface area contributed by atoms with Crippen molar-refractivity contribution in [2.75, 3.05) is 39.5 Å². The molecule has 130 valence electrons. The Labute approximate surface area is 144 Å². The Morgan fingerprint density at radius 3 is 2.48 bits per heavy atom. The lowest BCUT2D eigenvalue weighted by atomic mass is 10.1. The van der Waals surface area contributed by atoms with Crippen LogP contribution in [0.25, 0.3) is 0 Å². The minimum absolute atomic E-state index is 0.304. The minimum Gasteiger partial charge on any atom is -0.491 e. The van der Waals surface area contributed by atoms with Crippen molar-refractivity contribution in [2.24, 2.45) is 0 Å². The van der Waals surface area contributed by atoms with E-state index in [0.29, 0.717) is 25.4 Å². The molecule has 0 saturated carbocycles. The first-order valence-electron chi connectivity index (χ1n) is 8.31. The summed E-state index contributed by atoms with van der Waals surface area (Å²) in [5.74, 6) is 0.881. The number of morpholine rings is 1. The Kier molecular flexibility index (Phi) is 7.15. The van der Waals surface area contributed by atoms with Crippen molar-refractivity contribution < 1.29 is 14.2 Å². The van der Waals surface area contributed by atoms with Crippen molar-refractivity contribution in [1.82, 2.24) is 4.90 Å². The van der Waals surface area contributed by atoms with Gasteiger partial charge in [0, 0.05) is 24.7 Å². The van der Waals surface area contributed by atoms with E-state index in [1.807, 2.05) is 26.0 Å². The van der Waals surface area contributed by atoms with Gasteiger partial charge in [-0.1, -0.05) is 11.6 Å². The van der Waals surface area contributed by atoms with E-state index in [4.69, 9.17) is 25.8 Å². The van der Waals surface area contributed by atoms with Gasteiger partial charge < -0.3 is 14.2 Å². The Morgan fingerprint density at radius 1 is 1.09 bits per heavy atom. The van der Waals surface area contributed by atoms with Crippen LogP contribution in [0.5, 0.6) is 5.75 Å². The maximum Gasteiger partial charge on any atom is 0.122 e. The van der Waals surface area contributed by atoms with E-state index in [1.54, 1.807) is 0 Å². The first-order chi connectivity index (χ1) is 11.0. The Bertz CT molecular complexity index is 499. The van der Waals surface area contributed by atoms with Gasteiger partial charge >= 0.3 is 0 Å². The molecule has 0 spiro atoms. The standard InChI is InChI=1S/C18H28ClNO3/c1-13-11-20(12-14(2)23-13)7-8-21-9-10-22-18-6-5-17(19)15(3)16(18)4/h5-6,13-14H,7-12H2,1-4H3/t13-,14-/m0/s1. The van der Waals surface area contributed by atoms with E-state index in [2.05, 4.69) is 18.7 Å². The van der Waals surface area contributed by atoms with Gasteiger partial charge in [0.05, 0.1) is 25.4 Å². The maximum absolute atomic E-state index is 6.09. The van der Waals surface area contributed by atoms with Crippen LogP contribution >= 0.6 is 11.6 Å². The SMILES string of the molecule is Cc1c(Cl)ccc(OCCOCCN2C[C@H](C)O[C@@H](C)C2)c1C. The fourth-order valence-electron chi connectivity index (χ4n) is 2.89. The van der Waals surface area contributed by atoms with Crippen molar-refractivity contribution >= 4 is 11.6 Å². The molecule has 5 heteroatoms. The zero-order chi connectivity index (χ0) is 16.8. The van der Waals surface area contributed by atoms with Crippen molar-refractivity contribution in [1.29, 1.82) is 0 Å². The van der Waals surface area contributed by atoms with Gasteiger partial charge in [-0.2, -0.15) is 0 Å². The molecular formula is C18H28ClNO3. The zero-order valence-electron chi connectivity index (χ0n) is 14.6. The number of halogens is 1. The van der Waals surface area contributed by atoms with Crippen molar-refractivity contribution in [3.63, 3.8) is 0 Å². The molecule has 4 nitrogen and oxygen atoms in total. The number of ether oxygens (including phenoxy) is 3. The number of hydrogen-bond acceptors (Lipinski definition) is 4. The van der Waals surface area contributed by atoms with E-state index in [-0.39, 0.29) is 0 Å². The van der Waals surface area contributed by atoms with Gasteiger partial charge in [-0.15, -0.1) is 0 Å². The molecule has 0 bridgehead atoms. The fourth-order valence-corrected chi connectivity index (χ4v) is 3.10. The number of benzene rings is 1. The molecule has 1 aliphatic rings. The van der Waals surface area contributed by atoms with Crippen LogP contribution < -0.4 is 4.74 Å². The van der Waals surface area contributed by atoms with Crippen LogP contribution in [0.3, 0.4) is 0 Å². The maximum atomic E-state index is 6.09. The van der Waals surface area contributed by atoms with Crippen LogP contribution in [0.15, 0.2) is 12.1 Å². The largest absolute Gasteiger partial charge is 0.491 e. The summed E-state index contributed by atoms with van der Waals surface area (Å²) in [6, 6.07) is 3.79. The van der Waals surface area contributed by atoms with Gasteiger partial charge in [0.2, 0.25) is 0 Å². The monoisotopic (exact) mass is 341 g/mol. The Morgan fingerprint density at radius 2 is 1.78 bits per heavy atom. The van der Waals surface area contributed by atoms with E-state index in [9.17, 15) is 0 Å². The molecule has 0 aromatic heterocycles. The average molecular weight is 342 g/mol. The van der Waals surface area contributed by atoms with Gasteiger partial charge in [-0.05, 0) is 51.0 Å². The molecule has 0 amide bonds. The van der Waals surface area contributed by atoms with Gasteiger partial charge in [0.15, 0.2) is 0 Å². The second kappa shape index (κ2) is 8.88. The normalized spacial score (nSPS) is 22.3. The molecular weight excluding hydrogens is 314 g/mol. The highest BCUT2D eigenvalue weighted by Gasteiger charge is 2.21. The summed E-state index contributed by atoms with van der Waals surface area (Å²) in [6.45, 7) is 13.0. The lowest BCUT2D eigenvalue weighted by molar-refractivity contribution is -0.0734. The van der Waals surface area contributed by atoms with E-state index in [1.165, 1.54) is 0 Å². The second-order valence-electron chi connectivity index (χ2n) is 6.27. The first kappa shape index (κ1) is 18.5. The van der Waals surface area contributed by atoms with E-state index >= 15 is 0 Å². The van der Waals surface area contributed by atoms with E-state index < -0.39 is 0 Å². The highest BCUT2D eigenvalue weighted by molar-refractivity contribution is 6.31. The van der Waals surface area contributed by atoms with Crippen LogP contribution in [0.4, 0.5) is 0 Å². The summed E-state index contributed by atoms with van der Waals surface area (Å²) in [4.78, 5) is 2.40. The molecule has 0 unspecified atom stereocenters. The van der Waals surface area contributed by atoms with Gasteiger partial charge in [-0.25, -0.2) is 0 Å². The lowest BCUT2D eigenvalue weighted by Crippen LogP contribution is -2.46. The van der Waals surface area contributed by atoms with Gasteiger partial charge in [0.25, 0.3) is 0 Å². The number of rotatable bonds is 7. The molecule has 0 radical (unpaired) electrons. The molecule has 1 fully saturated rings. The molecule has 0 N–H and O–H groups in total. The fraction of sp³-hybridized carbons (Fsp3) is 0.667. The summed E-state index contributed by atoms with van der Waals surface area (Å²) >= 11 is 6.09. The Balaban J connectivity index is 1.62. The molecule has 1 saturated heterocycles. The Hall–Kier alpha value is -0.810. The molecule has 0 aliphatic carbocycles. The second-order valence-corrected chi connectivity index (χ2v) is 6.68. The van der Waals surface area contributed by atoms with Crippen LogP contribution in [0.1, 0.15) is 25.0 Å². The number of hydrogen-bond donors (Lipinski definition) is 0. The molecule has 1 aromatic rings. The summed E-state index contributed by atoms with van der Waals surface area (Å²) in [5.41, 5.74) is 2.16. The van der Waals surface area contributed by atoms with Crippen molar-refractivity contribution in [2.45, 2.75) is 39.9 Å². The van der Waals surface area contributed by atoms with Gasteiger partial charge in [-0.3, -0.25) is 4.90 Å². The highest BCUT2D eigenvalue weighted by Crippen LogP contribution is 2.27. The van der Waals surface area contributed by atoms with Crippen LogP contribution in [0.2, 0.25) is 5.02 Å². The topological polar surface area (TPSA) is 30.9 Å². The third-order valence-corrected chi connectivity index (χ3v) is 4.61. The quantitative estimate of drug-likeness (QED) is 0.711. The molecule has 1 aliphatic heterocycles. The smallest absolute Gasteiger partial charge is 0.122 e. The van der Waals surface area contributed by atoms with E-state index in [0.717, 1.165) is 48.1 Å². The molecule has 1 aromatic carbocycles. The summed E-state index contributed by atoms with van der Waals surface area (Å²) in [6.07, 6.45) is 0.608. The lowest BCUT2D eigenvalue weighted by Gasteiger charge is -2.35. The predicted molar refractivity (Wildman–Crippen MR) is 93.7 cm³/mol. The third-order valence-electron chi connectivity index (χ3n) is 4.20. The molecule has 23 heavy (non-hydrogen) atoms. The zero-order valence-corrected chi connectivity index (χ0v) is 15.4. The number of nitrogens with zero attached hydrogens (tertiary/aromatic N) is 1. The van der Waals surface area contributed by atoms with Crippen LogP contribution in [-0.4, -0.2) is 56.6 Å². The molecule has 1 heterocycles. The molecule has 2 rings (SSSR count). The van der Waals surface area contributed by atoms with Crippen molar-refractivity contribution in [3.05, 3.63) is 28.3 Å². The summed E-state index contributed by atoms with van der Waals surface area (Å²) < 4.78 is 17.2.